The minimum Gasteiger partial charge on any atom is -0.497 e. The zero-order chi connectivity index (χ0) is 22.7. The van der Waals surface area contributed by atoms with Crippen molar-refractivity contribution in [3.05, 3.63) is 24.3 Å². The lowest BCUT2D eigenvalue weighted by Gasteiger charge is -2.35. The molecule has 0 aromatic heterocycles. The fourth-order valence-electron chi connectivity index (χ4n) is 2.55. The molecule has 148 valence electrons. The van der Waals surface area contributed by atoms with Gasteiger partial charge in [-0.15, -0.1) is 0 Å². The Bertz CT molecular complexity index is 787. The van der Waals surface area contributed by atoms with Crippen molar-refractivity contribution in [1.82, 2.24) is 0 Å². The number of benzene rings is 1. The van der Waals surface area contributed by atoms with Crippen LogP contribution in [0.1, 0.15) is 31.8 Å². The molecule has 1 aromatic carbocycles. The Morgan fingerprint density at radius 3 is 2.52 bits per heavy atom. The second kappa shape index (κ2) is 8.39. The Balaban J connectivity index is 2.22. The van der Waals surface area contributed by atoms with Gasteiger partial charge >= 0.3 is 11.9 Å². The third kappa shape index (κ3) is 5.43. The lowest BCUT2D eigenvalue weighted by atomic mass is 10.1. The van der Waals surface area contributed by atoms with Crippen LogP contribution in [0.4, 0.5) is 5.69 Å². The molecule has 0 N–H and O–H groups in total. The fraction of sp³-hybridized carbons (Fsp3) is 0.526. The number of hydrogen-bond acceptors (Lipinski definition) is 7. The predicted octanol–water partition coefficient (Wildman–Crippen LogP) is 1.70. The van der Waals surface area contributed by atoms with E-state index in [0.717, 1.165) is 6.92 Å². The third-order valence-corrected chi connectivity index (χ3v) is 3.59. The Morgan fingerprint density at radius 2 is 1.96 bits per heavy atom. The summed E-state index contributed by atoms with van der Waals surface area (Å²) in [6.07, 6.45) is -2.94. The molecule has 1 heterocycles. The highest BCUT2D eigenvalue weighted by Gasteiger charge is 2.44. The fourth-order valence-corrected chi connectivity index (χ4v) is 2.55. The number of esters is 2. The zero-order valence-corrected chi connectivity index (χ0v) is 15.7. The Labute approximate surface area is 162 Å². The van der Waals surface area contributed by atoms with Crippen LogP contribution in [0.5, 0.6) is 5.75 Å². The lowest BCUT2D eigenvalue weighted by molar-refractivity contribution is -0.188. The van der Waals surface area contributed by atoms with Crippen molar-refractivity contribution in [3.8, 4) is 5.75 Å². The first-order chi connectivity index (χ1) is 13.8. The second-order valence-corrected chi connectivity index (χ2v) is 6.94. The molecule has 1 aliphatic rings. The van der Waals surface area contributed by atoms with Crippen molar-refractivity contribution in [3.63, 3.8) is 0 Å². The standard InChI is InChI=1S/C19H25NO7/c1-12(21)26-16(18(23)27-19(2,3)4)15-17(22)20(10-11-25-15)13-6-8-14(24-5)9-7-13/h6-9,15-16H,10-11H2,1-5H3/t15-,16-/m1/s1/i5D3. The first-order valence-electron chi connectivity index (χ1n) is 9.89. The number of nitrogens with zero attached hydrogens (tertiary/aromatic N) is 1. The molecule has 27 heavy (non-hydrogen) atoms. The largest absolute Gasteiger partial charge is 0.497 e. The summed E-state index contributed by atoms with van der Waals surface area (Å²) in [5.41, 5.74) is -0.414. The molecular formula is C19H25NO7. The van der Waals surface area contributed by atoms with Crippen LogP contribution in [0.3, 0.4) is 0 Å². The summed E-state index contributed by atoms with van der Waals surface area (Å²) >= 11 is 0. The van der Waals surface area contributed by atoms with Crippen LogP contribution in [0, 0.1) is 0 Å². The van der Waals surface area contributed by atoms with Gasteiger partial charge in [0.05, 0.1) is 17.8 Å². The zero-order valence-electron chi connectivity index (χ0n) is 18.7. The normalized spacial score (nSPS) is 20.7. The molecule has 1 fully saturated rings. The monoisotopic (exact) mass is 382 g/mol. The molecule has 0 spiro atoms. The van der Waals surface area contributed by atoms with E-state index in [2.05, 4.69) is 0 Å². The molecule has 2 atom stereocenters. The molecule has 1 amide bonds. The van der Waals surface area contributed by atoms with Gasteiger partial charge < -0.3 is 23.8 Å². The Kier molecular flexibility index (Phi) is 5.14. The van der Waals surface area contributed by atoms with E-state index in [0.29, 0.717) is 5.69 Å². The van der Waals surface area contributed by atoms with Crippen LogP contribution >= 0.6 is 0 Å². The van der Waals surface area contributed by atoms with Gasteiger partial charge in [0.15, 0.2) is 6.10 Å². The number of morpholine rings is 1. The third-order valence-electron chi connectivity index (χ3n) is 3.59. The van der Waals surface area contributed by atoms with E-state index in [9.17, 15) is 14.4 Å². The molecule has 0 radical (unpaired) electrons. The number of carbonyl (C=O) groups is 3. The van der Waals surface area contributed by atoms with E-state index in [-0.39, 0.29) is 18.9 Å². The van der Waals surface area contributed by atoms with Gasteiger partial charge in [0, 0.05) is 19.2 Å². The highest BCUT2D eigenvalue weighted by atomic mass is 16.6. The van der Waals surface area contributed by atoms with Crippen LogP contribution < -0.4 is 9.64 Å². The molecule has 8 heteroatoms. The van der Waals surface area contributed by atoms with E-state index in [4.69, 9.17) is 23.1 Å². The maximum atomic E-state index is 13.0. The van der Waals surface area contributed by atoms with Crippen molar-refractivity contribution in [1.29, 1.82) is 0 Å². The molecule has 0 bridgehead atoms. The summed E-state index contributed by atoms with van der Waals surface area (Å²) in [6, 6.07) is 5.85. The molecular weight excluding hydrogens is 354 g/mol. The van der Waals surface area contributed by atoms with Gasteiger partial charge in [0.2, 0.25) is 6.10 Å². The quantitative estimate of drug-likeness (QED) is 0.716. The van der Waals surface area contributed by atoms with Gasteiger partial charge in [0.25, 0.3) is 5.91 Å². The van der Waals surface area contributed by atoms with Crippen LogP contribution in [0.25, 0.3) is 0 Å². The van der Waals surface area contributed by atoms with Gasteiger partial charge in [0.1, 0.15) is 11.4 Å². The minimum atomic E-state index is -2.59. The van der Waals surface area contributed by atoms with Crippen molar-refractivity contribution >= 4 is 23.5 Å². The van der Waals surface area contributed by atoms with Crippen LogP contribution in [-0.2, 0) is 28.6 Å². The highest BCUT2D eigenvalue weighted by Crippen LogP contribution is 2.25. The maximum absolute atomic E-state index is 13.0. The number of rotatable bonds is 5. The SMILES string of the molecule is [2H]C([2H])([2H])Oc1ccc(N2CCO[C@H]([C@@H](OC(C)=O)C(=O)OC(C)(C)C)C2=O)cc1. The Morgan fingerprint density at radius 1 is 1.30 bits per heavy atom. The molecule has 8 nitrogen and oxygen atoms in total. The van der Waals surface area contributed by atoms with Crippen molar-refractivity contribution in [2.24, 2.45) is 0 Å². The smallest absolute Gasteiger partial charge is 0.351 e. The first-order valence-corrected chi connectivity index (χ1v) is 8.39. The summed E-state index contributed by atoms with van der Waals surface area (Å²) in [4.78, 5) is 38.4. The number of hydrogen-bond donors (Lipinski definition) is 0. The molecule has 1 aliphatic heterocycles. The van der Waals surface area contributed by atoms with Crippen LogP contribution in [0.2, 0.25) is 0 Å². The Hall–Kier alpha value is -2.61. The molecule has 2 rings (SSSR count). The van der Waals surface area contributed by atoms with Crippen molar-refractivity contribution in [2.45, 2.75) is 45.5 Å². The summed E-state index contributed by atoms with van der Waals surface area (Å²) in [6.45, 7) is 6.34. The van der Waals surface area contributed by atoms with Crippen LogP contribution in [0.15, 0.2) is 24.3 Å². The van der Waals surface area contributed by atoms with E-state index in [1.54, 1.807) is 20.8 Å². The summed E-state index contributed by atoms with van der Waals surface area (Å²) in [7, 11) is -2.59. The van der Waals surface area contributed by atoms with Crippen molar-refractivity contribution < 1.29 is 37.4 Å². The summed E-state index contributed by atoms with van der Waals surface area (Å²) < 4.78 is 42.0. The number of methoxy groups -OCH3 is 1. The lowest BCUT2D eigenvalue weighted by Crippen LogP contribution is -2.56. The average Bonchev–Trinajstić information content (AvgIpc) is 2.58. The minimum absolute atomic E-state index is 0.0878. The van der Waals surface area contributed by atoms with Gasteiger partial charge in [-0.05, 0) is 45.0 Å². The second-order valence-electron chi connectivity index (χ2n) is 6.94. The molecule has 0 aliphatic carbocycles. The van der Waals surface area contributed by atoms with E-state index in [1.807, 2.05) is 0 Å². The number of ether oxygens (including phenoxy) is 4. The summed E-state index contributed by atoms with van der Waals surface area (Å²) in [5, 5.41) is 0. The first kappa shape index (κ1) is 16.6. The van der Waals surface area contributed by atoms with Crippen molar-refractivity contribution in [2.75, 3.05) is 25.1 Å². The van der Waals surface area contributed by atoms with E-state index in [1.165, 1.54) is 29.2 Å². The van der Waals surface area contributed by atoms with E-state index < -0.39 is 42.7 Å². The molecule has 1 aromatic rings. The molecule has 0 unspecified atom stereocenters. The van der Waals surface area contributed by atoms with Gasteiger partial charge in [-0.25, -0.2) is 4.79 Å². The highest BCUT2D eigenvalue weighted by molar-refractivity contribution is 6.00. The number of amides is 1. The number of carbonyl (C=O) groups excluding carboxylic acids is 3. The summed E-state index contributed by atoms with van der Waals surface area (Å²) in [5.74, 6) is -2.13. The van der Waals surface area contributed by atoms with E-state index >= 15 is 0 Å². The maximum Gasteiger partial charge on any atom is 0.351 e. The average molecular weight is 382 g/mol. The topological polar surface area (TPSA) is 91.4 Å². The number of anilines is 1. The molecule has 1 saturated heterocycles. The van der Waals surface area contributed by atoms with Gasteiger partial charge in [-0.2, -0.15) is 0 Å². The van der Waals surface area contributed by atoms with Crippen LogP contribution in [-0.4, -0.2) is 55.8 Å². The van der Waals surface area contributed by atoms with Gasteiger partial charge in [-0.3, -0.25) is 9.59 Å². The molecule has 0 saturated carbocycles. The predicted molar refractivity (Wildman–Crippen MR) is 96.5 cm³/mol. The van der Waals surface area contributed by atoms with Gasteiger partial charge in [-0.1, -0.05) is 0 Å².